The SMILES string of the molecule is COc1cnc2c(-c3nc4ccc5c(c4s3)C[C@@H](CNC(=O)OC(C)(C)C)O5)cc(C)cc2n1. The third-order valence-corrected chi connectivity index (χ3v) is 6.59. The minimum Gasteiger partial charge on any atom is -0.488 e. The Morgan fingerprint density at radius 2 is 2.06 bits per heavy atom. The summed E-state index contributed by atoms with van der Waals surface area (Å²) in [6, 6.07) is 8.01. The molecule has 1 aliphatic rings. The van der Waals surface area contributed by atoms with Gasteiger partial charge in [-0.05, 0) is 57.5 Å². The molecule has 1 aliphatic heterocycles. The fraction of sp³-hybridized carbons (Fsp3) is 0.360. The number of hydrogen-bond donors (Lipinski definition) is 1. The molecule has 0 unspecified atom stereocenters. The number of aromatic nitrogens is 3. The van der Waals surface area contributed by atoms with E-state index < -0.39 is 11.7 Å². The zero-order valence-corrected chi connectivity index (χ0v) is 20.6. The molecule has 34 heavy (non-hydrogen) atoms. The summed E-state index contributed by atoms with van der Waals surface area (Å²) in [5.41, 5.74) is 5.08. The third kappa shape index (κ3) is 4.35. The lowest BCUT2D eigenvalue weighted by Gasteiger charge is -2.20. The normalized spacial score (nSPS) is 15.3. The molecule has 0 aliphatic carbocycles. The number of thiazole rings is 1. The van der Waals surface area contributed by atoms with Crippen molar-refractivity contribution in [3.63, 3.8) is 0 Å². The molecule has 0 bridgehead atoms. The van der Waals surface area contributed by atoms with Crippen molar-refractivity contribution >= 4 is 38.7 Å². The largest absolute Gasteiger partial charge is 0.488 e. The van der Waals surface area contributed by atoms with E-state index in [2.05, 4.69) is 21.4 Å². The summed E-state index contributed by atoms with van der Waals surface area (Å²) in [5, 5.41) is 3.69. The Morgan fingerprint density at radius 1 is 1.24 bits per heavy atom. The van der Waals surface area contributed by atoms with Crippen molar-refractivity contribution in [1.29, 1.82) is 0 Å². The Kier molecular flexibility index (Phi) is 5.51. The Bertz CT molecular complexity index is 1410. The van der Waals surface area contributed by atoms with Gasteiger partial charge in [0.05, 0.1) is 41.1 Å². The van der Waals surface area contributed by atoms with Gasteiger partial charge in [-0.3, -0.25) is 0 Å². The molecule has 1 atom stereocenters. The van der Waals surface area contributed by atoms with Crippen LogP contribution in [0.1, 0.15) is 31.9 Å². The highest BCUT2D eigenvalue weighted by Crippen LogP contribution is 2.41. The molecular weight excluding hydrogens is 452 g/mol. The lowest BCUT2D eigenvalue weighted by Crippen LogP contribution is -2.38. The van der Waals surface area contributed by atoms with E-state index in [1.54, 1.807) is 24.6 Å². The van der Waals surface area contributed by atoms with E-state index in [4.69, 9.17) is 19.2 Å². The topological polar surface area (TPSA) is 95.5 Å². The van der Waals surface area contributed by atoms with Gasteiger partial charge in [-0.1, -0.05) is 0 Å². The molecular formula is C25H26N4O4S. The molecule has 0 fully saturated rings. The summed E-state index contributed by atoms with van der Waals surface area (Å²) in [6.07, 6.45) is 1.72. The van der Waals surface area contributed by atoms with E-state index >= 15 is 0 Å². The lowest BCUT2D eigenvalue weighted by atomic mass is 10.1. The van der Waals surface area contributed by atoms with Crippen LogP contribution in [-0.2, 0) is 11.2 Å². The standard InChI is InChI=1S/C25H26N4O4S/c1-13-8-16(21-18(9-13)28-20(31-5)12-26-21)23-29-17-6-7-19-15(22(17)34-23)10-14(32-19)11-27-24(30)33-25(2,3)4/h6-9,12,14H,10-11H2,1-5H3,(H,27,30)/t14-/m0/s1. The first-order chi connectivity index (χ1) is 16.2. The predicted octanol–water partition coefficient (Wildman–Crippen LogP) is 5.05. The maximum absolute atomic E-state index is 12.0. The van der Waals surface area contributed by atoms with Crippen LogP contribution in [0.2, 0.25) is 0 Å². The zero-order chi connectivity index (χ0) is 24.0. The van der Waals surface area contributed by atoms with Crippen molar-refractivity contribution in [1.82, 2.24) is 20.3 Å². The molecule has 3 heterocycles. The first-order valence-electron chi connectivity index (χ1n) is 11.1. The van der Waals surface area contributed by atoms with E-state index in [1.807, 2.05) is 45.9 Å². The van der Waals surface area contributed by atoms with Crippen molar-refractivity contribution in [3.8, 4) is 22.2 Å². The number of ether oxygens (including phenoxy) is 3. The molecule has 1 N–H and O–H groups in total. The Hall–Kier alpha value is -3.46. The second kappa shape index (κ2) is 8.39. The highest BCUT2D eigenvalue weighted by molar-refractivity contribution is 7.22. The molecule has 0 radical (unpaired) electrons. The third-order valence-electron chi connectivity index (χ3n) is 5.42. The number of rotatable bonds is 4. The number of alkyl carbamates (subject to hydrolysis) is 1. The summed E-state index contributed by atoms with van der Waals surface area (Å²) in [6.45, 7) is 7.92. The van der Waals surface area contributed by atoms with Gasteiger partial charge in [-0.25, -0.2) is 19.7 Å². The average molecular weight is 479 g/mol. The van der Waals surface area contributed by atoms with Crippen LogP contribution in [0.4, 0.5) is 4.79 Å². The maximum Gasteiger partial charge on any atom is 0.407 e. The van der Waals surface area contributed by atoms with Crippen molar-refractivity contribution in [2.45, 2.75) is 45.8 Å². The van der Waals surface area contributed by atoms with Gasteiger partial charge >= 0.3 is 6.09 Å². The first-order valence-corrected chi connectivity index (χ1v) is 11.9. The van der Waals surface area contributed by atoms with Crippen LogP contribution in [0.3, 0.4) is 0 Å². The van der Waals surface area contributed by atoms with E-state index in [0.717, 1.165) is 48.7 Å². The van der Waals surface area contributed by atoms with Crippen LogP contribution >= 0.6 is 11.3 Å². The van der Waals surface area contributed by atoms with Gasteiger partial charge in [0.1, 0.15) is 22.5 Å². The molecule has 9 heteroatoms. The number of methoxy groups -OCH3 is 1. The summed E-state index contributed by atoms with van der Waals surface area (Å²) in [5.74, 6) is 1.31. The van der Waals surface area contributed by atoms with E-state index in [0.29, 0.717) is 18.8 Å². The number of benzene rings is 2. The second-order valence-electron chi connectivity index (χ2n) is 9.33. The van der Waals surface area contributed by atoms with Crippen molar-refractivity contribution in [2.24, 2.45) is 0 Å². The molecule has 8 nitrogen and oxygen atoms in total. The molecule has 0 spiro atoms. The number of hydrogen-bond acceptors (Lipinski definition) is 8. The average Bonchev–Trinajstić information content (AvgIpc) is 3.39. The molecule has 0 saturated carbocycles. The number of nitrogens with zero attached hydrogens (tertiary/aromatic N) is 3. The quantitative estimate of drug-likeness (QED) is 0.438. The number of amides is 1. The molecule has 1 amide bonds. The smallest absolute Gasteiger partial charge is 0.407 e. The monoisotopic (exact) mass is 478 g/mol. The minimum absolute atomic E-state index is 0.156. The van der Waals surface area contributed by atoms with Crippen LogP contribution in [-0.4, -0.2) is 46.4 Å². The van der Waals surface area contributed by atoms with Gasteiger partial charge in [0.25, 0.3) is 0 Å². The summed E-state index contributed by atoms with van der Waals surface area (Å²) < 4.78 is 17.7. The van der Waals surface area contributed by atoms with Crippen LogP contribution in [0, 0.1) is 6.92 Å². The minimum atomic E-state index is -0.537. The zero-order valence-electron chi connectivity index (χ0n) is 19.8. The first kappa shape index (κ1) is 22.3. The molecule has 2 aromatic heterocycles. The summed E-state index contributed by atoms with van der Waals surface area (Å²) in [4.78, 5) is 26.1. The molecule has 2 aromatic carbocycles. The Morgan fingerprint density at radius 3 is 2.82 bits per heavy atom. The highest BCUT2D eigenvalue weighted by atomic mass is 32.1. The van der Waals surface area contributed by atoms with Crippen LogP contribution in [0.15, 0.2) is 30.5 Å². The van der Waals surface area contributed by atoms with Gasteiger partial charge in [0.2, 0.25) is 5.88 Å². The van der Waals surface area contributed by atoms with E-state index in [9.17, 15) is 4.79 Å². The molecule has 0 saturated heterocycles. The summed E-state index contributed by atoms with van der Waals surface area (Å²) >= 11 is 1.62. The molecule has 176 valence electrons. The number of nitrogens with one attached hydrogen (secondary N) is 1. The predicted molar refractivity (Wildman–Crippen MR) is 132 cm³/mol. The summed E-state index contributed by atoms with van der Waals surface area (Å²) in [7, 11) is 1.58. The Labute approximate surface area is 201 Å². The maximum atomic E-state index is 12.0. The van der Waals surface area contributed by atoms with Crippen LogP contribution in [0.5, 0.6) is 11.6 Å². The highest BCUT2D eigenvalue weighted by Gasteiger charge is 2.28. The number of carbonyl (C=O) groups excluding carboxylic acids is 1. The number of carbonyl (C=O) groups is 1. The van der Waals surface area contributed by atoms with Crippen LogP contribution < -0.4 is 14.8 Å². The van der Waals surface area contributed by atoms with Gasteiger partial charge in [0, 0.05) is 17.5 Å². The fourth-order valence-electron chi connectivity index (χ4n) is 4.03. The number of aryl methyl sites for hydroxylation is 1. The number of fused-ring (bicyclic) bond motifs is 4. The van der Waals surface area contributed by atoms with Gasteiger partial charge in [-0.15, -0.1) is 11.3 Å². The van der Waals surface area contributed by atoms with Gasteiger partial charge < -0.3 is 19.5 Å². The lowest BCUT2D eigenvalue weighted by molar-refractivity contribution is 0.0506. The van der Waals surface area contributed by atoms with Crippen molar-refractivity contribution < 1.29 is 19.0 Å². The molecule has 5 rings (SSSR count). The van der Waals surface area contributed by atoms with Crippen molar-refractivity contribution in [2.75, 3.05) is 13.7 Å². The van der Waals surface area contributed by atoms with Gasteiger partial charge in [-0.2, -0.15) is 0 Å². The van der Waals surface area contributed by atoms with E-state index in [-0.39, 0.29) is 6.10 Å². The second-order valence-corrected chi connectivity index (χ2v) is 10.3. The van der Waals surface area contributed by atoms with E-state index in [1.165, 1.54) is 0 Å². The fourth-order valence-corrected chi connectivity index (χ4v) is 5.16. The van der Waals surface area contributed by atoms with Crippen molar-refractivity contribution in [3.05, 3.63) is 41.6 Å². The Balaban J connectivity index is 1.43. The molecule has 4 aromatic rings. The van der Waals surface area contributed by atoms with Crippen LogP contribution in [0.25, 0.3) is 31.8 Å². The van der Waals surface area contributed by atoms with Gasteiger partial charge in [0.15, 0.2) is 0 Å².